The topological polar surface area (TPSA) is 91.4 Å². The Bertz CT molecular complexity index is 1030. The zero-order valence-corrected chi connectivity index (χ0v) is 19.2. The van der Waals surface area contributed by atoms with Gasteiger partial charge in [-0.15, -0.1) is 10.2 Å². The van der Waals surface area contributed by atoms with Crippen LogP contribution in [0.1, 0.15) is 43.9 Å². The molecule has 0 unspecified atom stereocenters. The molecule has 8 nitrogen and oxygen atoms in total. The van der Waals surface area contributed by atoms with Gasteiger partial charge in [0.1, 0.15) is 5.76 Å². The molecule has 0 atom stereocenters. The maximum Gasteiger partial charge on any atom is 0.230 e. The lowest BCUT2D eigenvalue weighted by Crippen LogP contribution is -2.24. The smallest absolute Gasteiger partial charge is 0.230 e. The molecule has 0 aliphatic heterocycles. The van der Waals surface area contributed by atoms with Crippen molar-refractivity contribution in [3.05, 3.63) is 42.4 Å². The van der Waals surface area contributed by atoms with Crippen LogP contribution >= 0.6 is 11.8 Å². The highest BCUT2D eigenvalue weighted by Crippen LogP contribution is 2.38. The molecule has 1 saturated carbocycles. The van der Waals surface area contributed by atoms with Crippen molar-refractivity contribution in [3.63, 3.8) is 0 Å². The number of benzene rings is 1. The maximum atomic E-state index is 12.4. The zero-order valence-electron chi connectivity index (χ0n) is 18.4. The van der Waals surface area contributed by atoms with Crippen molar-refractivity contribution in [1.29, 1.82) is 0 Å². The second kappa shape index (κ2) is 10.6. The number of nitrogens with zero attached hydrogens (tertiary/aromatic N) is 3. The van der Waals surface area contributed by atoms with Crippen LogP contribution in [0.3, 0.4) is 0 Å². The fraction of sp³-hybridized carbons (Fsp3) is 0.435. The van der Waals surface area contributed by atoms with Gasteiger partial charge in [-0.05, 0) is 43.2 Å². The lowest BCUT2D eigenvalue weighted by Gasteiger charge is -2.25. The van der Waals surface area contributed by atoms with Gasteiger partial charge in [0.05, 0.1) is 32.8 Å². The number of methoxy groups -OCH3 is 2. The molecule has 0 saturated heterocycles. The van der Waals surface area contributed by atoms with E-state index >= 15 is 0 Å². The molecule has 1 aliphatic rings. The van der Waals surface area contributed by atoms with E-state index in [1.165, 1.54) is 31.0 Å². The average Bonchev–Trinajstić information content (AvgIpc) is 3.51. The average molecular weight is 457 g/mol. The quantitative estimate of drug-likeness (QED) is 0.475. The number of carbonyl (C=O) groups is 1. The van der Waals surface area contributed by atoms with Crippen molar-refractivity contribution in [2.75, 3.05) is 20.0 Å². The molecule has 4 rings (SSSR count). The Hall–Kier alpha value is -2.94. The van der Waals surface area contributed by atoms with Crippen molar-refractivity contribution < 1.29 is 18.7 Å². The van der Waals surface area contributed by atoms with Gasteiger partial charge in [-0.3, -0.25) is 9.36 Å². The summed E-state index contributed by atoms with van der Waals surface area (Å²) in [6.45, 7) is 0.374. The van der Waals surface area contributed by atoms with Crippen LogP contribution in [0.4, 0.5) is 0 Å². The fourth-order valence-electron chi connectivity index (χ4n) is 4.00. The van der Waals surface area contributed by atoms with Gasteiger partial charge in [0.2, 0.25) is 5.91 Å². The van der Waals surface area contributed by atoms with E-state index in [4.69, 9.17) is 13.9 Å². The van der Waals surface area contributed by atoms with Crippen molar-refractivity contribution in [2.45, 2.75) is 49.8 Å². The predicted octanol–water partition coefficient (Wildman–Crippen LogP) is 4.47. The summed E-state index contributed by atoms with van der Waals surface area (Å²) in [7, 11) is 3.24. The van der Waals surface area contributed by atoms with Gasteiger partial charge < -0.3 is 19.2 Å². The first-order valence-electron chi connectivity index (χ1n) is 10.8. The van der Waals surface area contributed by atoms with Gasteiger partial charge in [0, 0.05) is 11.6 Å². The molecule has 1 aromatic carbocycles. The molecule has 1 N–H and O–H groups in total. The number of ether oxygens (including phenoxy) is 2. The third-order valence-corrected chi connectivity index (χ3v) is 6.56. The number of rotatable bonds is 9. The Morgan fingerprint density at radius 1 is 1.16 bits per heavy atom. The van der Waals surface area contributed by atoms with Crippen molar-refractivity contribution >= 4 is 17.7 Å². The Balaban J connectivity index is 1.54. The highest BCUT2D eigenvalue weighted by atomic mass is 32.2. The highest BCUT2D eigenvalue weighted by Gasteiger charge is 2.25. The largest absolute Gasteiger partial charge is 0.493 e. The fourth-order valence-corrected chi connectivity index (χ4v) is 4.83. The van der Waals surface area contributed by atoms with E-state index in [0.717, 1.165) is 35.1 Å². The van der Waals surface area contributed by atoms with Gasteiger partial charge in [-0.25, -0.2) is 0 Å². The van der Waals surface area contributed by atoms with Gasteiger partial charge in [-0.2, -0.15) is 0 Å². The first-order valence-corrected chi connectivity index (χ1v) is 11.8. The lowest BCUT2D eigenvalue weighted by molar-refractivity contribution is -0.118. The van der Waals surface area contributed by atoms with E-state index in [0.29, 0.717) is 24.1 Å². The molecule has 1 amide bonds. The van der Waals surface area contributed by atoms with Crippen molar-refractivity contribution in [2.24, 2.45) is 0 Å². The molecule has 0 bridgehead atoms. The number of hydrogen-bond donors (Lipinski definition) is 1. The zero-order chi connectivity index (χ0) is 22.3. The van der Waals surface area contributed by atoms with E-state index in [9.17, 15) is 4.79 Å². The van der Waals surface area contributed by atoms with Crippen LogP contribution in [0.5, 0.6) is 11.5 Å². The van der Waals surface area contributed by atoms with E-state index < -0.39 is 0 Å². The maximum absolute atomic E-state index is 12.4. The summed E-state index contributed by atoms with van der Waals surface area (Å²) >= 11 is 1.41. The van der Waals surface area contributed by atoms with Crippen molar-refractivity contribution in [1.82, 2.24) is 20.1 Å². The van der Waals surface area contributed by atoms with E-state index in [-0.39, 0.29) is 11.7 Å². The number of amides is 1. The summed E-state index contributed by atoms with van der Waals surface area (Å²) < 4.78 is 18.3. The first-order chi connectivity index (χ1) is 15.7. The second-order valence-electron chi connectivity index (χ2n) is 7.68. The third kappa shape index (κ3) is 5.09. The predicted molar refractivity (Wildman–Crippen MR) is 122 cm³/mol. The number of furan rings is 1. The Kier molecular flexibility index (Phi) is 7.36. The van der Waals surface area contributed by atoms with Gasteiger partial charge >= 0.3 is 0 Å². The van der Waals surface area contributed by atoms with Crippen LogP contribution in [0, 0.1) is 0 Å². The third-order valence-electron chi connectivity index (χ3n) is 5.62. The van der Waals surface area contributed by atoms with E-state index in [2.05, 4.69) is 20.1 Å². The molecular formula is C23H28N4O4S. The Morgan fingerprint density at radius 2 is 1.97 bits per heavy atom. The minimum Gasteiger partial charge on any atom is -0.493 e. The van der Waals surface area contributed by atoms with Gasteiger partial charge in [-0.1, -0.05) is 31.0 Å². The van der Waals surface area contributed by atoms with Crippen LogP contribution in [0.25, 0.3) is 11.4 Å². The van der Waals surface area contributed by atoms with Crippen LogP contribution in [-0.2, 0) is 11.3 Å². The van der Waals surface area contributed by atoms with E-state index in [1.807, 2.05) is 24.3 Å². The summed E-state index contributed by atoms with van der Waals surface area (Å²) in [6.07, 6.45) is 7.37. The summed E-state index contributed by atoms with van der Waals surface area (Å²) in [4.78, 5) is 12.4. The second-order valence-corrected chi connectivity index (χ2v) is 8.63. The molecular weight excluding hydrogens is 428 g/mol. The molecule has 170 valence electrons. The molecule has 2 aromatic heterocycles. The monoisotopic (exact) mass is 456 g/mol. The molecule has 3 aromatic rings. The van der Waals surface area contributed by atoms with Gasteiger partial charge in [0.25, 0.3) is 0 Å². The van der Waals surface area contributed by atoms with Crippen LogP contribution < -0.4 is 14.8 Å². The molecule has 9 heteroatoms. The first kappa shape index (κ1) is 22.3. The standard InChI is InChI=1S/C23H28N4O4S/c1-29-19-11-10-16(13-20(19)30-2)22-25-26-23(27(22)17-7-4-3-5-8-17)32-15-21(28)24-14-18-9-6-12-31-18/h6,9-13,17H,3-5,7-8,14-15H2,1-2H3,(H,24,28). The summed E-state index contributed by atoms with van der Waals surface area (Å²) in [5, 5.41) is 12.6. The number of aromatic nitrogens is 3. The summed E-state index contributed by atoms with van der Waals surface area (Å²) in [6, 6.07) is 9.72. The Labute approximate surface area is 191 Å². The molecule has 0 spiro atoms. The van der Waals surface area contributed by atoms with Gasteiger partial charge in [0.15, 0.2) is 22.5 Å². The SMILES string of the molecule is COc1ccc(-c2nnc(SCC(=O)NCc3ccco3)n2C2CCCCC2)cc1OC. The lowest BCUT2D eigenvalue weighted by atomic mass is 9.95. The molecule has 32 heavy (non-hydrogen) atoms. The van der Waals surface area contributed by atoms with Crippen molar-refractivity contribution in [3.8, 4) is 22.9 Å². The van der Waals surface area contributed by atoms with Crippen LogP contribution in [-0.4, -0.2) is 40.6 Å². The van der Waals surface area contributed by atoms with E-state index in [1.54, 1.807) is 26.5 Å². The molecule has 0 radical (unpaired) electrons. The molecule has 2 heterocycles. The summed E-state index contributed by atoms with van der Waals surface area (Å²) in [5.41, 5.74) is 0.912. The number of carbonyl (C=O) groups excluding carboxylic acids is 1. The minimum absolute atomic E-state index is 0.0720. The molecule has 1 aliphatic carbocycles. The summed E-state index contributed by atoms with van der Waals surface area (Å²) in [5.74, 6) is 3.02. The number of thioether (sulfide) groups is 1. The normalized spacial score (nSPS) is 14.3. The number of nitrogens with one attached hydrogen (secondary N) is 1. The van der Waals surface area contributed by atoms with Crippen LogP contribution in [0.15, 0.2) is 46.2 Å². The van der Waals surface area contributed by atoms with Crippen LogP contribution in [0.2, 0.25) is 0 Å². The highest BCUT2D eigenvalue weighted by molar-refractivity contribution is 7.99. The minimum atomic E-state index is -0.0720. The Morgan fingerprint density at radius 3 is 2.69 bits per heavy atom. The number of hydrogen-bond acceptors (Lipinski definition) is 7. The molecule has 1 fully saturated rings.